The fourth-order valence-corrected chi connectivity index (χ4v) is 4.07. The van der Waals surface area contributed by atoms with Crippen molar-refractivity contribution in [3.8, 4) is 0 Å². The van der Waals surface area contributed by atoms with E-state index in [2.05, 4.69) is 10.6 Å². The van der Waals surface area contributed by atoms with Gasteiger partial charge in [-0.1, -0.05) is 6.07 Å². The Hall–Kier alpha value is -2.61. The molecular weight excluding hydrogens is 356 g/mol. The molecule has 8 heteroatoms. The standard InChI is InChI=1S/C18H22N2O5S/c1-4-19-17(21)18(22)20-11-16(15-6-5-9-25-15)26(23,24)14-8-7-12(2)13(3)10-14/h5-10,16H,4,11H2,1-3H3,(H,19,21)(H,20,22)/t16-/m0/s1. The largest absolute Gasteiger partial charge is 0.468 e. The van der Waals surface area contributed by atoms with Crippen LogP contribution in [0.5, 0.6) is 0 Å². The molecule has 1 aromatic heterocycles. The van der Waals surface area contributed by atoms with Crippen molar-refractivity contribution in [2.45, 2.75) is 30.9 Å². The summed E-state index contributed by atoms with van der Waals surface area (Å²) < 4.78 is 31.4. The van der Waals surface area contributed by atoms with E-state index in [1.54, 1.807) is 25.1 Å². The van der Waals surface area contributed by atoms with Gasteiger partial charge >= 0.3 is 11.8 Å². The molecule has 0 unspecified atom stereocenters. The highest BCUT2D eigenvalue weighted by Crippen LogP contribution is 2.29. The Balaban J connectivity index is 2.31. The van der Waals surface area contributed by atoms with E-state index >= 15 is 0 Å². The number of hydrogen-bond donors (Lipinski definition) is 2. The Labute approximate surface area is 152 Å². The minimum absolute atomic E-state index is 0.134. The Morgan fingerprint density at radius 1 is 1.08 bits per heavy atom. The first kappa shape index (κ1) is 19.7. The predicted molar refractivity (Wildman–Crippen MR) is 96.2 cm³/mol. The molecular formula is C18H22N2O5S. The van der Waals surface area contributed by atoms with Crippen LogP contribution in [0.3, 0.4) is 0 Å². The normalized spacial score (nSPS) is 12.4. The molecule has 1 atom stereocenters. The quantitative estimate of drug-likeness (QED) is 0.744. The van der Waals surface area contributed by atoms with Gasteiger partial charge in [0, 0.05) is 13.1 Å². The van der Waals surface area contributed by atoms with Crippen LogP contribution in [0.25, 0.3) is 0 Å². The van der Waals surface area contributed by atoms with E-state index in [0.29, 0.717) is 6.54 Å². The lowest BCUT2D eigenvalue weighted by atomic mass is 10.1. The number of amides is 2. The highest BCUT2D eigenvalue weighted by Gasteiger charge is 2.32. The van der Waals surface area contributed by atoms with E-state index in [1.807, 2.05) is 13.8 Å². The highest BCUT2D eigenvalue weighted by atomic mass is 32.2. The minimum Gasteiger partial charge on any atom is -0.468 e. The van der Waals surface area contributed by atoms with Gasteiger partial charge in [0.1, 0.15) is 11.0 Å². The van der Waals surface area contributed by atoms with Crippen LogP contribution >= 0.6 is 0 Å². The van der Waals surface area contributed by atoms with Gasteiger partial charge in [0.25, 0.3) is 0 Å². The lowest BCUT2D eigenvalue weighted by Crippen LogP contribution is -2.42. The van der Waals surface area contributed by atoms with Crippen molar-refractivity contribution in [3.05, 3.63) is 53.5 Å². The molecule has 1 heterocycles. The molecule has 2 N–H and O–H groups in total. The number of likely N-dealkylation sites (N-methyl/N-ethyl adjacent to an activating group) is 1. The van der Waals surface area contributed by atoms with Gasteiger partial charge in [0.2, 0.25) is 0 Å². The zero-order valence-electron chi connectivity index (χ0n) is 14.9. The van der Waals surface area contributed by atoms with Crippen LogP contribution in [0.2, 0.25) is 0 Å². The highest BCUT2D eigenvalue weighted by molar-refractivity contribution is 7.91. The summed E-state index contributed by atoms with van der Waals surface area (Å²) >= 11 is 0. The van der Waals surface area contributed by atoms with Crippen molar-refractivity contribution in [1.82, 2.24) is 10.6 Å². The molecule has 0 saturated heterocycles. The fraction of sp³-hybridized carbons (Fsp3) is 0.333. The summed E-state index contributed by atoms with van der Waals surface area (Å²) in [6.07, 6.45) is 1.36. The summed E-state index contributed by atoms with van der Waals surface area (Å²) in [5.41, 5.74) is 1.82. The second-order valence-corrected chi connectivity index (χ2v) is 8.00. The molecule has 0 spiro atoms. The van der Waals surface area contributed by atoms with Gasteiger partial charge in [0.15, 0.2) is 9.84 Å². The van der Waals surface area contributed by atoms with Crippen molar-refractivity contribution >= 4 is 21.7 Å². The third-order valence-electron chi connectivity index (χ3n) is 4.03. The van der Waals surface area contributed by atoms with Gasteiger partial charge in [-0.2, -0.15) is 0 Å². The van der Waals surface area contributed by atoms with E-state index in [0.717, 1.165) is 11.1 Å². The van der Waals surface area contributed by atoms with Crippen LogP contribution < -0.4 is 10.6 Å². The Morgan fingerprint density at radius 2 is 1.77 bits per heavy atom. The summed E-state index contributed by atoms with van der Waals surface area (Å²) in [6, 6.07) is 7.95. The number of aryl methyl sites for hydroxylation is 2. The first-order valence-corrected chi connectivity index (χ1v) is 9.72. The number of rotatable bonds is 6. The van der Waals surface area contributed by atoms with E-state index in [4.69, 9.17) is 4.42 Å². The molecule has 2 amide bonds. The van der Waals surface area contributed by atoms with Crippen LogP contribution in [-0.2, 0) is 19.4 Å². The number of nitrogens with one attached hydrogen (secondary N) is 2. The maximum absolute atomic E-state index is 13.1. The van der Waals surface area contributed by atoms with Crippen molar-refractivity contribution in [2.24, 2.45) is 0 Å². The molecule has 2 aromatic rings. The number of furan rings is 1. The molecule has 1 aromatic carbocycles. The van der Waals surface area contributed by atoms with Gasteiger partial charge in [-0.15, -0.1) is 0 Å². The van der Waals surface area contributed by atoms with E-state index in [-0.39, 0.29) is 17.2 Å². The molecule has 0 aliphatic heterocycles. The topological polar surface area (TPSA) is 105 Å². The van der Waals surface area contributed by atoms with Crippen LogP contribution in [-0.4, -0.2) is 33.3 Å². The van der Waals surface area contributed by atoms with Gasteiger partial charge in [-0.3, -0.25) is 9.59 Å². The molecule has 140 valence electrons. The van der Waals surface area contributed by atoms with Crippen molar-refractivity contribution in [2.75, 3.05) is 13.1 Å². The smallest absolute Gasteiger partial charge is 0.309 e. The summed E-state index contributed by atoms with van der Waals surface area (Å²) in [6.45, 7) is 5.42. The lowest BCUT2D eigenvalue weighted by molar-refractivity contribution is -0.139. The molecule has 0 radical (unpaired) electrons. The zero-order valence-corrected chi connectivity index (χ0v) is 15.7. The van der Waals surface area contributed by atoms with E-state index < -0.39 is 26.9 Å². The Morgan fingerprint density at radius 3 is 2.35 bits per heavy atom. The molecule has 0 aliphatic rings. The number of benzene rings is 1. The fourth-order valence-electron chi connectivity index (χ4n) is 2.40. The van der Waals surface area contributed by atoms with E-state index in [9.17, 15) is 18.0 Å². The maximum atomic E-state index is 13.1. The molecule has 7 nitrogen and oxygen atoms in total. The van der Waals surface area contributed by atoms with Gasteiger partial charge in [-0.05, 0) is 56.2 Å². The van der Waals surface area contributed by atoms with Crippen LogP contribution in [0.4, 0.5) is 0 Å². The van der Waals surface area contributed by atoms with Gasteiger partial charge in [0.05, 0.1) is 11.2 Å². The first-order chi connectivity index (χ1) is 12.3. The monoisotopic (exact) mass is 378 g/mol. The van der Waals surface area contributed by atoms with Crippen molar-refractivity contribution in [3.63, 3.8) is 0 Å². The van der Waals surface area contributed by atoms with Crippen molar-refractivity contribution in [1.29, 1.82) is 0 Å². The molecule has 2 rings (SSSR count). The molecule has 26 heavy (non-hydrogen) atoms. The van der Waals surface area contributed by atoms with Gasteiger partial charge < -0.3 is 15.1 Å². The SMILES string of the molecule is CCNC(=O)C(=O)NC[C@@H](c1ccco1)S(=O)(=O)c1ccc(C)c(C)c1. The summed E-state index contributed by atoms with van der Waals surface area (Å²) in [4.78, 5) is 23.5. The van der Waals surface area contributed by atoms with Crippen LogP contribution in [0.15, 0.2) is 45.9 Å². The molecule has 0 saturated carbocycles. The predicted octanol–water partition coefficient (Wildman–Crippen LogP) is 1.66. The number of hydrogen-bond acceptors (Lipinski definition) is 5. The van der Waals surface area contributed by atoms with Gasteiger partial charge in [-0.25, -0.2) is 8.42 Å². The Kier molecular flexibility index (Phi) is 6.20. The average molecular weight is 378 g/mol. The number of sulfone groups is 1. The lowest BCUT2D eigenvalue weighted by Gasteiger charge is -2.17. The summed E-state index contributed by atoms with van der Waals surface area (Å²) in [5, 5.41) is 3.59. The summed E-state index contributed by atoms with van der Waals surface area (Å²) in [7, 11) is -3.84. The average Bonchev–Trinajstić information content (AvgIpc) is 3.11. The number of carbonyl (C=O) groups is 2. The maximum Gasteiger partial charge on any atom is 0.309 e. The second-order valence-electron chi connectivity index (χ2n) is 5.86. The van der Waals surface area contributed by atoms with Crippen molar-refractivity contribution < 1.29 is 22.4 Å². The second kappa shape index (κ2) is 8.18. The first-order valence-electron chi connectivity index (χ1n) is 8.18. The van der Waals surface area contributed by atoms with E-state index in [1.165, 1.54) is 18.4 Å². The minimum atomic E-state index is -3.84. The summed E-state index contributed by atoms with van der Waals surface area (Å²) in [5.74, 6) is -1.51. The molecule has 0 fully saturated rings. The van der Waals surface area contributed by atoms with Crippen LogP contribution in [0.1, 0.15) is 29.1 Å². The Bertz CT molecular complexity index is 888. The van der Waals surface area contributed by atoms with Crippen LogP contribution in [0, 0.1) is 13.8 Å². The third-order valence-corrected chi connectivity index (χ3v) is 6.09. The molecule has 0 bridgehead atoms. The molecule has 0 aliphatic carbocycles. The zero-order chi connectivity index (χ0) is 19.3. The number of carbonyl (C=O) groups excluding carboxylic acids is 2. The third kappa shape index (κ3) is 4.32.